The summed E-state index contributed by atoms with van der Waals surface area (Å²) >= 11 is 0. The monoisotopic (exact) mass is 587 g/mol. The highest BCUT2D eigenvalue weighted by molar-refractivity contribution is 6.13. The van der Waals surface area contributed by atoms with Gasteiger partial charge in [0.1, 0.15) is 22.7 Å². The van der Waals surface area contributed by atoms with Crippen molar-refractivity contribution in [1.29, 1.82) is 0 Å². The topological polar surface area (TPSA) is 27.3 Å². The van der Waals surface area contributed by atoms with Crippen LogP contribution in [0.3, 0.4) is 0 Å². The van der Waals surface area contributed by atoms with E-state index in [1.807, 2.05) is 6.07 Å². The fraction of sp³-hybridized carbons (Fsp3) is 0.0233. The number of furan rings is 1. The van der Waals surface area contributed by atoms with Crippen LogP contribution in [0, 0.1) is 0 Å². The number of aromatic nitrogens is 1. The summed E-state index contributed by atoms with van der Waals surface area (Å²) in [6.07, 6.45) is 0. The van der Waals surface area contributed by atoms with Gasteiger partial charge >= 0.3 is 0 Å². The molecule has 0 atom stereocenters. The number of hydrogen-bond acceptors (Lipinski definition) is 2. The molecule has 0 unspecified atom stereocenters. The third-order valence-corrected chi connectivity index (χ3v) is 10.3. The molecule has 3 heteroatoms. The molecule has 46 heavy (non-hydrogen) atoms. The van der Waals surface area contributed by atoms with Crippen molar-refractivity contribution in [3.05, 3.63) is 174 Å². The van der Waals surface area contributed by atoms with E-state index in [0.717, 1.165) is 55.7 Å². The van der Waals surface area contributed by atoms with Gasteiger partial charge in [-0.2, -0.15) is 0 Å². The number of hydrogen-bond donors (Lipinski definition) is 0. The van der Waals surface area contributed by atoms with Gasteiger partial charge < -0.3 is 13.7 Å². The van der Waals surface area contributed by atoms with E-state index in [0.29, 0.717) is 0 Å². The van der Waals surface area contributed by atoms with Crippen LogP contribution in [0.25, 0.3) is 60.6 Å². The molecule has 0 radical (unpaired) electrons. The maximum Gasteiger partial charge on any atom is 0.143 e. The van der Waals surface area contributed by atoms with Crippen molar-refractivity contribution in [3.63, 3.8) is 0 Å². The van der Waals surface area contributed by atoms with Crippen LogP contribution in [0.4, 0.5) is 0 Å². The van der Waals surface area contributed by atoms with Crippen molar-refractivity contribution < 1.29 is 9.15 Å². The fourth-order valence-corrected chi connectivity index (χ4v) is 8.46. The molecule has 2 aliphatic heterocycles. The molecule has 0 N–H and O–H groups in total. The van der Waals surface area contributed by atoms with Crippen LogP contribution in [-0.2, 0) is 5.41 Å². The minimum Gasteiger partial charge on any atom is -0.457 e. The van der Waals surface area contributed by atoms with Gasteiger partial charge in [-0.1, -0.05) is 115 Å². The van der Waals surface area contributed by atoms with Gasteiger partial charge in [0.2, 0.25) is 0 Å². The summed E-state index contributed by atoms with van der Waals surface area (Å²) < 4.78 is 15.7. The van der Waals surface area contributed by atoms with E-state index in [-0.39, 0.29) is 0 Å². The molecule has 0 amide bonds. The van der Waals surface area contributed by atoms with Crippen LogP contribution in [0.2, 0.25) is 0 Å². The number of para-hydroxylation sites is 6. The summed E-state index contributed by atoms with van der Waals surface area (Å²) in [6.45, 7) is 0. The molecular formula is C43H25NO2. The average molecular weight is 588 g/mol. The lowest BCUT2D eigenvalue weighted by Gasteiger charge is -2.45. The van der Waals surface area contributed by atoms with Crippen LogP contribution in [0.5, 0.6) is 11.5 Å². The highest BCUT2D eigenvalue weighted by Crippen LogP contribution is 2.60. The Morgan fingerprint density at radius 3 is 1.98 bits per heavy atom. The van der Waals surface area contributed by atoms with E-state index < -0.39 is 5.41 Å². The van der Waals surface area contributed by atoms with Crippen LogP contribution in [-0.4, -0.2) is 4.57 Å². The first-order chi connectivity index (χ1) is 22.8. The average Bonchev–Trinajstić information content (AvgIpc) is 3.67. The second-order valence-electron chi connectivity index (χ2n) is 12.4. The van der Waals surface area contributed by atoms with E-state index in [9.17, 15) is 0 Å². The maximum absolute atomic E-state index is 6.65. The van der Waals surface area contributed by atoms with Gasteiger partial charge in [-0.05, 0) is 53.1 Å². The molecule has 4 heterocycles. The van der Waals surface area contributed by atoms with Crippen LogP contribution >= 0.6 is 0 Å². The molecule has 3 nitrogen and oxygen atoms in total. The molecular weight excluding hydrogens is 562 g/mol. The lowest BCUT2D eigenvalue weighted by Crippen LogP contribution is -2.37. The number of fused-ring (bicyclic) bond motifs is 14. The Labute approximate surface area is 264 Å². The molecule has 2 aromatic heterocycles. The molecule has 2 aliphatic rings. The van der Waals surface area contributed by atoms with Gasteiger partial charge in [0.15, 0.2) is 0 Å². The highest BCUT2D eigenvalue weighted by atomic mass is 16.5. The Kier molecular flexibility index (Phi) is 4.52. The van der Waals surface area contributed by atoms with Crippen LogP contribution in [0.1, 0.15) is 22.3 Å². The lowest BCUT2D eigenvalue weighted by molar-refractivity contribution is 0.434. The van der Waals surface area contributed by atoms with Crippen molar-refractivity contribution in [2.75, 3.05) is 0 Å². The zero-order chi connectivity index (χ0) is 30.0. The van der Waals surface area contributed by atoms with Gasteiger partial charge in [-0.15, -0.1) is 0 Å². The van der Waals surface area contributed by atoms with Gasteiger partial charge in [0.25, 0.3) is 0 Å². The summed E-state index contributed by atoms with van der Waals surface area (Å²) in [5.74, 6) is 1.78. The summed E-state index contributed by atoms with van der Waals surface area (Å²) in [5, 5.41) is 4.78. The second kappa shape index (κ2) is 8.56. The lowest BCUT2D eigenvalue weighted by atomic mass is 9.61. The molecule has 7 aromatic carbocycles. The highest BCUT2D eigenvalue weighted by Gasteiger charge is 2.50. The van der Waals surface area contributed by atoms with Crippen molar-refractivity contribution >= 4 is 43.7 Å². The molecule has 11 rings (SSSR count). The molecule has 0 aliphatic carbocycles. The number of rotatable bonds is 1. The first kappa shape index (κ1) is 24.3. The van der Waals surface area contributed by atoms with Crippen LogP contribution in [0.15, 0.2) is 156 Å². The predicted octanol–water partition coefficient (Wildman–Crippen LogP) is 11.2. The summed E-state index contributed by atoms with van der Waals surface area (Å²) in [4.78, 5) is 0. The van der Waals surface area contributed by atoms with Crippen molar-refractivity contribution in [2.24, 2.45) is 0 Å². The Morgan fingerprint density at radius 1 is 0.478 bits per heavy atom. The van der Waals surface area contributed by atoms with Crippen molar-refractivity contribution in [1.82, 2.24) is 4.57 Å². The molecule has 1 spiro atoms. The Bertz CT molecular complexity index is 2700. The predicted molar refractivity (Wildman–Crippen MR) is 185 cm³/mol. The molecule has 214 valence electrons. The molecule has 0 bridgehead atoms. The number of benzene rings is 7. The summed E-state index contributed by atoms with van der Waals surface area (Å²) in [7, 11) is 0. The van der Waals surface area contributed by atoms with Crippen molar-refractivity contribution in [2.45, 2.75) is 5.41 Å². The quantitative estimate of drug-likeness (QED) is 0.191. The normalized spacial score (nSPS) is 14.0. The van der Waals surface area contributed by atoms with E-state index in [1.54, 1.807) is 0 Å². The molecule has 0 fully saturated rings. The SMILES string of the molecule is c1ccc2c(c1)Oc1ccccc1C21c2cc(-c3cccc4c3oc3ccccc34)ccc2-n2c3ccccc3c3cccc1c32. The van der Waals surface area contributed by atoms with Gasteiger partial charge in [-0.25, -0.2) is 0 Å². The zero-order valence-electron chi connectivity index (χ0n) is 24.7. The van der Waals surface area contributed by atoms with E-state index in [1.165, 1.54) is 38.6 Å². The fourth-order valence-electron chi connectivity index (χ4n) is 8.46. The van der Waals surface area contributed by atoms with Crippen molar-refractivity contribution in [3.8, 4) is 28.3 Å². The van der Waals surface area contributed by atoms with Gasteiger partial charge in [-0.3, -0.25) is 0 Å². The van der Waals surface area contributed by atoms with E-state index in [4.69, 9.17) is 9.15 Å². The van der Waals surface area contributed by atoms with E-state index in [2.05, 4.69) is 150 Å². The summed E-state index contributed by atoms with van der Waals surface area (Å²) in [5.41, 5.74) is 11.8. The molecule has 9 aromatic rings. The Morgan fingerprint density at radius 2 is 1.13 bits per heavy atom. The largest absolute Gasteiger partial charge is 0.457 e. The zero-order valence-corrected chi connectivity index (χ0v) is 24.7. The number of ether oxygens (including phenoxy) is 1. The summed E-state index contributed by atoms with van der Waals surface area (Å²) in [6, 6.07) is 54.5. The van der Waals surface area contributed by atoms with Crippen LogP contribution < -0.4 is 4.74 Å². The second-order valence-corrected chi connectivity index (χ2v) is 12.4. The number of nitrogens with zero attached hydrogens (tertiary/aromatic N) is 1. The minimum atomic E-state index is -0.609. The maximum atomic E-state index is 6.65. The van der Waals surface area contributed by atoms with Gasteiger partial charge in [0, 0.05) is 38.2 Å². The van der Waals surface area contributed by atoms with E-state index >= 15 is 0 Å². The standard InChI is InChI=1S/C43H25NO2/c1-5-19-36-28(11-1)30-14-10-18-34-41(30)44(36)37-24-23-26(27-13-9-15-31-29-12-2-6-20-38(29)46-42(27)31)25-35(37)43(34)32-16-3-7-21-39(32)45-40-22-8-4-17-33(40)43/h1-25H. The Hall–Kier alpha value is -6.06. The molecule has 0 saturated carbocycles. The third kappa shape index (κ3) is 2.84. The smallest absolute Gasteiger partial charge is 0.143 e. The molecule has 0 saturated heterocycles. The third-order valence-electron chi connectivity index (χ3n) is 10.3. The van der Waals surface area contributed by atoms with Gasteiger partial charge in [0.05, 0.1) is 22.1 Å². The first-order valence-electron chi connectivity index (χ1n) is 15.8. The first-order valence-corrected chi connectivity index (χ1v) is 15.8. The Balaban J connectivity index is 1.34. The minimum absolute atomic E-state index is 0.609.